The summed E-state index contributed by atoms with van der Waals surface area (Å²) in [7, 11) is 0. The van der Waals surface area contributed by atoms with Crippen LogP contribution in [0.2, 0.25) is 0 Å². The molecule has 2 bridgehead atoms. The molecule has 0 saturated heterocycles. The molecule has 2 aromatic carbocycles. The number of carbonyl (C=O) groups excluding carboxylic acids is 1. The molecule has 3 aliphatic carbocycles. The first-order chi connectivity index (χ1) is 10.7. The predicted octanol–water partition coefficient (Wildman–Crippen LogP) is 3.29. The van der Waals surface area contributed by atoms with Crippen LogP contribution in [0.15, 0.2) is 36.4 Å². The summed E-state index contributed by atoms with van der Waals surface area (Å²) in [5.74, 6) is 0.164. The van der Waals surface area contributed by atoms with Crippen molar-refractivity contribution in [3.63, 3.8) is 0 Å². The average Bonchev–Trinajstić information content (AvgIpc) is 2.55. The molecule has 0 aromatic heterocycles. The fourth-order valence-corrected chi connectivity index (χ4v) is 3.92. The van der Waals surface area contributed by atoms with Gasteiger partial charge in [0.1, 0.15) is 5.75 Å². The van der Waals surface area contributed by atoms with Gasteiger partial charge in [0.05, 0.1) is 5.56 Å². The van der Waals surface area contributed by atoms with Gasteiger partial charge in [0.25, 0.3) is 6.47 Å². The number of fused-ring (bicyclic) bond motifs is 1. The lowest BCUT2D eigenvalue weighted by Crippen LogP contribution is -2.25. The van der Waals surface area contributed by atoms with E-state index in [-0.39, 0.29) is 11.8 Å². The number of rotatable bonds is 3. The van der Waals surface area contributed by atoms with E-state index in [0.717, 1.165) is 18.4 Å². The molecule has 0 amide bonds. The zero-order valence-electron chi connectivity index (χ0n) is 11.8. The number of hydrogen-bond donors (Lipinski definition) is 1. The molecule has 4 nitrogen and oxygen atoms in total. The Morgan fingerprint density at radius 2 is 1.64 bits per heavy atom. The van der Waals surface area contributed by atoms with Crippen LogP contribution >= 0.6 is 0 Å². The lowest BCUT2D eigenvalue weighted by atomic mass is 9.63. The van der Waals surface area contributed by atoms with E-state index in [1.54, 1.807) is 12.1 Å². The molecule has 2 atom stereocenters. The Morgan fingerprint density at radius 3 is 2.27 bits per heavy atom. The third-order valence-corrected chi connectivity index (χ3v) is 4.82. The Morgan fingerprint density at radius 1 is 1.00 bits per heavy atom. The maximum atomic E-state index is 11.2. The molecule has 4 heteroatoms. The maximum Gasteiger partial charge on any atom is 0.335 e. The molecule has 1 N–H and O–H groups in total. The van der Waals surface area contributed by atoms with E-state index in [1.165, 1.54) is 16.7 Å². The van der Waals surface area contributed by atoms with Gasteiger partial charge in [-0.3, -0.25) is 4.79 Å². The van der Waals surface area contributed by atoms with Gasteiger partial charge < -0.3 is 9.84 Å². The molecular weight excluding hydrogens is 280 g/mol. The van der Waals surface area contributed by atoms with Crippen molar-refractivity contribution < 1.29 is 19.4 Å². The SMILES string of the molecule is O=COc1ccc2c(c1)C1CCC2c2cc(C(=O)O)ccc21. The van der Waals surface area contributed by atoms with Crippen LogP contribution < -0.4 is 4.74 Å². The van der Waals surface area contributed by atoms with E-state index in [9.17, 15) is 14.7 Å². The molecular formula is C18H14O4. The third-order valence-electron chi connectivity index (χ3n) is 4.82. The summed E-state index contributed by atoms with van der Waals surface area (Å²) >= 11 is 0. The predicted molar refractivity (Wildman–Crippen MR) is 79.5 cm³/mol. The minimum atomic E-state index is -0.890. The van der Waals surface area contributed by atoms with Crippen molar-refractivity contribution in [2.45, 2.75) is 24.7 Å². The van der Waals surface area contributed by atoms with Crippen LogP contribution in [0.25, 0.3) is 0 Å². The van der Waals surface area contributed by atoms with Gasteiger partial charge >= 0.3 is 5.97 Å². The third kappa shape index (κ3) is 1.77. The Bertz CT molecular complexity index is 794. The van der Waals surface area contributed by atoms with Crippen molar-refractivity contribution in [3.8, 4) is 5.75 Å². The minimum absolute atomic E-state index is 0.236. The molecule has 110 valence electrons. The highest BCUT2D eigenvalue weighted by molar-refractivity contribution is 5.88. The molecule has 5 rings (SSSR count). The smallest absolute Gasteiger partial charge is 0.335 e. The summed E-state index contributed by atoms with van der Waals surface area (Å²) in [6.45, 7) is 0.440. The van der Waals surface area contributed by atoms with Crippen molar-refractivity contribution in [1.29, 1.82) is 0 Å². The number of carbonyl (C=O) groups is 2. The van der Waals surface area contributed by atoms with Crippen molar-refractivity contribution in [2.75, 3.05) is 0 Å². The zero-order chi connectivity index (χ0) is 15.3. The van der Waals surface area contributed by atoms with Gasteiger partial charge in [0.15, 0.2) is 0 Å². The highest BCUT2D eigenvalue weighted by Crippen LogP contribution is 2.53. The summed E-state index contributed by atoms with van der Waals surface area (Å²) in [5.41, 5.74) is 5.11. The van der Waals surface area contributed by atoms with Crippen molar-refractivity contribution in [1.82, 2.24) is 0 Å². The summed E-state index contributed by atoms with van der Waals surface area (Å²) in [6.07, 6.45) is 2.07. The number of carboxylic acids is 1. The summed E-state index contributed by atoms with van der Waals surface area (Å²) in [5, 5.41) is 9.20. The average molecular weight is 294 g/mol. The van der Waals surface area contributed by atoms with Gasteiger partial charge in [-0.25, -0.2) is 4.79 Å². The van der Waals surface area contributed by atoms with Crippen LogP contribution in [-0.2, 0) is 4.79 Å². The van der Waals surface area contributed by atoms with Crippen LogP contribution in [0.1, 0.15) is 57.3 Å². The first kappa shape index (κ1) is 13.1. The second kappa shape index (κ2) is 4.70. The molecule has 2 unspecified atom stereocenters. The number of ether oxygens (including phenoxy) is 1. The van der Waals surface area contributed by atoms with Crippen molar-refractivity contribution in [3.05, 3.63) is 64.2 Å². The Kier molecular flexibility index (Phi) is 2.79. The first-order valence-electron chi connectivity index (χ1n) is 7.30. The van der Waals surface area contributed by atoms with Crippen LogP contribution in [0.5, 0.6) is 5.75 Å². The Labute approximate surface area is 127 Å². The monoisotopic (exact) mass is 294 g/mol. The molecule has 0 aliphatic heterocycles. The fraction of sp³-hybridized carbons (Fsp3) is 0.222. The summed E-state index contributed by atoms with van der Waals surface area (Å²) < 4.78 is 4.96. The van der Waals surface area contributed by atoms with E-state index < -0.39 is 5.97 Å². The van der Waals surface area contributed by atoms with E-state index in [2.05, 4.69) is 0 Å². The van der Waals surface area contributed by atoms with Crippen LogP contribution in [0.3, 0.4) is 0 Å². The molecule has 0 saturated carbocycles. The highest BCUT2D eigenvalue weighted by Gasteiger charge is 2.37. The van der Waals surface area contributed by atoms with E-state index in [4.69, 9.17) is 4.74 Å². The first-order valence-corrected chi connectivity index (χ1v) is 7.30. The summed E-state index contributed by atoms with van der Waals surface area (Å²) in [4.78, 5) is 21.7. The molecule has 0 fully saturated rings. The number of benzene rings is 2. The lowest BCUT2D eigenvalue weighted by Gasteiger charge is -2.40. The van der Waals surface area contributed by atoms with Gasteiger partial charge in [0, 0.05) is 11.8 Å². The van der Waals surface area contributed by atoms with Gasteiger partial charge in [-0.2, -0.15) is 0 Å². The molecule has 2 aromatic rings. The van der Waals surface area contributed by atoms with E-state index in [0.29, 0.717) is 17.8 Å². The number of aromatic carboxylic acids is 1. The van der Waals surface area contributed by atoms with Crippen LogP contribution in [0.4, 0.5) is 0 Å². The van der Waals surface area contributed by atoms with Gasteiger partial charge in [-0.15, -0.1) is 0 Å². The second-order valence-corrected chi connectivity index (χ2v) is 5.84. The van der Waals surface area contributed by atoms with Gasteiger partial charge in [-0.05, 0) is 59.4 Å². The largest absolute Gasteiger partial charge is 0.478 e. The van der Waals surface area contributed by atoms with Crippen LogP contribution in [0, 0.1) is 0 Å². The molecule has 0 radical (unpaired) electrons. The van der Waals surface area contributed by atoms with Crippen molar-refractivity contribution >= 4 is 12.4 Å². The molecule has 0 heterocycles. The highest BCUT2D eigenvalue weighted by atomic mass is 16.5. The molecule has 22 heavy (non-hydrogen) atoms. The van der Waals surface area contributed by atoms with Gasteiger partial charge in [-0.1, -0.05) is 12.1 Å². The van der Waals surface area contributed by atoms with E-state index >= 15 is 0 Å². The lowest BCUT2D eigenvalue weighted by molar-refractivity contribution is -0.120. The second-order valence-electron chi connectivity index (χ2n) is 5.84. The topological polar surface area (TPSA) is 63.6 Å². The number of hydrogen-bond acceptors (Lipinski definition) is 3. The Hall–Kier alpha value is -2.62. The summed E-state index contributed by atoms with van der Waals surface area (Å²) in [6, 6.07) is 11.2. The number of carboxylic acid groups (broad SMARTS) is 1. The minimum Gasteiger partial charge on any atom is -0.478 e. The fourth-order valence-electron chi connectivity index (χ4n) is 3.92. The molecule has 0 spiro atoms. The van der Waals surface area contributed by atoms with Crippen molar-refractivity contribution in [2.24, 2.45) is 0 Å². The maximum absolute atomic E-state index is 11.2. The van der Waals surface area contributed by atoms with E-state index in [1.807, 2.05) is 24.3 Å². The van der Waals surface area contributed by atoms with Gasteiger partial charge in [0.2, 0.25) is 0 Å². The van der Waals surface area contributed by atoms with Crippen LogP contribution in [-0.4, -0.2) is 17.5 Å². The normalized spacial score (nSPS) is 20.9. The quantitative estimate of drug-likeness (QED) is 0.882. The zero-order valence-corrected chi connectivity index (χ0v) is 11.8. The molecule has 3 aliphatic rings. The Balaban J connectivity index is 1.86. The standard InChI is InChI=1S/C18H14O4/c19-9-22-11-2-4-13-14-5-6-15(17(13)8-11)12-3-1-10(18(20)21)7-16(12)14/h1-4,7-9,14-15H,5-6H2,(H,20,21).